The zero-order valence-electron chi connectivity index (χ0n) is 13.4. The summed E-state index contributed by atoms with van der Waals surface area (Å²) in [5.41, 5.74) is 7.56. The molecule has 0 saturated carbocycles. The molecule has 0 bridgehead atoms. The van der Waals surface area contributed by atoms with Crippen LogP contribution in [0.1, 0.15) is 12.0 Å². The van der Waals surface area contributed by atoms with E-state index in [9.17, 15) is 9.18 Å². The average molecular weight is 352 g/mol. The first-order valence-corrected chi connectivity index (χ1v) is 7.56. The van der Waals surface area contributed by atoms with Crippen molar-refractivity contribution in [2.24, 2.45) is 5.73 Å². The molecule has 0 unspecified atom stereocenters. The molecule has 130 valence electrons. The third-order valence-electron chi connectivity index (χ3n) is 3.39. The van der Waals surface area contributed by atoms with E-state index in [2.05, 4.69) is 19.9 Å². The van der Waals surface area contributed by atoms with Gasteiger partial charge in [0, 0.05) is 29.6 Å². The number of nitrogens with zero attached hydrogens (tertiary/aromatic N) is 4. The molecule has 0 aliphatic carbocycles. The standard InChI is InChI=1S/C17H13FN6O2/c18-12-6-11(8-23-17(12)26-5-1-4-19)13-9-22-16-15(24-13)10(7-21-16)2-3-14(20)25/h2-3,6-9H,1,5H2,(H2,20,25)(H,21,22)/b3-2+. The molecule has 0 aliphatic rings. The quantitative estimate of drug-likeness (QED) is 0.515. The maximum Gasteiger partial charge on any atom is 0.250 e. The summed E-state index contributed by atoms with van der Waals surface area (Å²) in [7, 11) is 0. The maximum atomic E-state index is 14.1. The summed E-state index contributed by atoms with van der Waals surface area (Å²) in [6.07, 6.45) is 7.40. The number of ether oxygens (including phenoxy) is 1. The van der Waals surface area contributed by atoms with Crippen molar-refractivity contribution in [2.75, 3.05) is 6.61 Å². The summed E-state index contributed by atoms with van der Waals surface area (Å²) in [5, 5.41) is 8.47. The van der Waals surface area contributed by atoms with Gasteiger partial charge in [0.2, 0.25) is 11.8 Å². The Balaban J connectivity index is 1.92. The lowest BCUT2D eigenvalue weighted by Gasteiger charge is -2.06. The number of halogens is 1. The zero-order chi connectivity index (χ0) is 18.5. The SMILES string of the molecule is N#CCCOc1ncc(-c2cnc3[nH]cc(/C=C/C(N)=O)c3n2)cc1F. The van der Waals surface area contributed by atoms with Crippen LogP contribution in [0.3, 0.4) is 0 Å². The molecular weight excluding hydrogens is 339 g/mol. The van der Waals surface area contributed by atoms with Crippen LogP contribution >= 0.6 is 0 Å². The van der Waals surface area contributed by atoms with Crippen molar-refractivity contribution in [1.82, 2.24) is 19.9 Å². The van der Waals surface area contributed by atoms with Crippen molar-refractivity contribution in [3.8, 4) is 23.2 Å². The number of H-pyrrole nitrogens is 1. The second kappa shape index (κ2) is 7.40. The summed E-state index contributed by atoms with van der Waals surface area (Å²) >= 11 is 0. The van der Waals surface area contributed by atoms with Gasteiger partial charge in [0.05, 0.1) is 24.4 Å². The van der Waals surface area contributed by atoms with Gasteiger partial charge in [0.25, 0.3) is 0 Å². The molecule has 0 saturated heterocycles. The van der Waals surface area contributed by atoms with E-state index in [-0.39, 0.29) is 18.9 Å². The number of carbonyl (C=O) groups is 1. The number of amides is 1. The van der Waals surface area contributed by atoms with Gasteiger partial charge < -0.3 is 15.5 Å². The molecule has 3 N–H and O–H groups in total. The van der Waals surface area contributed by atoms with Gasteiger partial charge in [0.1, 0.15) is 12.1 Å². The fourth-order valence-corrected chi connectivity index (χ4v) is 2.21. The highest BCUT2D eigenvalue weighted by Gasteiger charge is 2.11. The van der Waals surface area contributed by atoms with Crippen molar-refractivity contribution in [3.05, 3.63) is 42.1 Å². The van der Waals surface area contributed by atoms with Gasteiger partial charge in [-0.05, 0) is 12.1 Å². The fourth-order valence-electron chi connectivity index (χ4n) is 2.21. The lowest BCUT2D eigenvalue weighted by molar-refractivity contribution is -0.113. The number of carbonyl (C=O) groups excluding carboxylic acids is 1. The van der Waals surface area contributed by atoms with Gasteiger partial charge in [-0.25, -0.2) is 19.3 Å². The van der Waals surface area contributed by atoms with E-state index < -0.39 is 11.7 Å². The summed E-state index contributed by atoms with van der Waals surface area (Å²) in [4.78, 5) is 26.4. The minimum atomic E-state index is -0.662. The molecule has 0 fully saturated rings. The number of hydrogen-bond donors (Lipinski definition) is 2. The van der Waals surface area contributed by atoms with E-state index >= 15 is 0 Å². The number of nitrogens with one attached hydrogen (secondary N) is 1. The molecule has 0 spiro atoms. The lowest BCUT2D eigenvalue weighted by atomic mass is 10.2. The Morgan fingerprint density at radius 2 is 2.27 bits per heavy atom. The summed E-state index contributed by atoms with van der Waals surface area (Å²) < 4.78 is 19.2. The van der Waals surface area contributed by atoms with Crippen LogP contribution in [0.25, 0.3) is 28.5 Å². The van der Waals surface area contributed by atoms with Crippen molar-refractivity contribution >= 4 is 23.1 Å². The zero-order valence-corrected chi connectivity index (χ0v) is 13.4. The molecule has 3 aromatic rings. The number of nitriles is 1. The Labute approximate surface area is 147 Å². The Kier molecular flexibility index (Phi) is 4.85. The molecule has 3 rings (SSSR count). The predicted molar refractivity (Wildman–Crippen MR) is 91.0 cm³/mol. The maximum absolute atomic E-state index is 14.1. The molecule has 0 aliphatic heterocycles. The largest absolute Gasteiger partial charge is 0.475 e. The van der Waals surface area contributed by atoms with Crippen LogP contribution in [0.5, 0.6) is 5.88 Å². The van der Waals surface area contributed by atoms with E-state index in [1.54, 1.807) is 6.20 Å². The number of hydrogen-bond acceptors (Lipinski definition) is 6. The van der Waals surface area contributed by atoms with Crippen molar-refractivity contribution in [1.29, 1.82) is 5.26 Å². The summed E-state index contributed by atoms with van der Waals surface area (Å²) in [5.74, 6) is -1.42. The van der Waals surface area contributed by atoms with Gasteiger partial charge in [0.15, 0.2) is 11.5 Å². The Bertz CT molecular complexity index is 1040. The second-order valence-electron chi connectivity index (χ2n) is 5.20. The van der Waals surface area contributed by atoms with Crippen molar-refractivity contribution < 1.29 is 13.9 Å². The highest BCUT2D eigenvalue weighted by atomic mass is 19.1. The third kappa shape index (κ3) is 3.64. The van der Waals surface area contributed by atoms with Gasteiger partial charge in [-0.15, -0.1) is 0 Å². The number of nitrogens with two attached hydrogens (primary N) is 1. The van der Waals surface area contributed by atoms with E-state index in [1.165, 1.54) is 30.6 Å². The van der Waals surface area contributed by atoms with Crippen LogP contribution in [0.4, 0.5) is 4.39 Å². The molecule has 3 heterocycles. The first-order chi connectivity index (χ1) is 12.6. The molecule has 0 radical (unpaired) electrons. The molecule has 0 atom stereocenters. The topological polar surface area (TPSA) is 131 Å². The Hall–Kier alpha value is -3.80. The first-order valence-electron chi connectivity index (χ1n) is 7.56. The van der Waals surface area contributed by atoms with Gasteiger partial charge >= 0.3 is 0 Å². The van der Waals surface area contributed by atoms with Crippen molar-refractivity contribution in [2.45, 2.75) is 6.42 Å². The fraction of sp³-hybridized carbons (Fsp3) is 0.118. The van der Waals surface area contributed by atoms with Gasteiger partial charge in [-0.3, -0.25) is 4.79 Å². The predicted octanol–water partition coefficient (Wildman–Crippen LogP) is 1.95. The minimum Gasteiger partial charge on any atom is -0.475 e. The highest BCUT2D eigenvalue weighted by Crippen LogP contribution is 2.24. The number of aromatic amines is 1. The average Bonchev–Trinajstić information content (AvgIpc) is 3.03. The monoisotopic (exact) mass is 352 g/mol. The smallest absolute Gasteiger partial charge is 0.250 e. The van der Waals surface area contributed by atoms with Crippen LogP contribution in [-0.2, 0) is 4.79 Å². The third-order valence-corrected chi connectivity index (χ3v) is 3.39. The summed E-state index contributed by atoms with van der Waals surface area (Å²) in [6.45, 7) is 0.0600. The minimum absolute atomic E-state index is 0.0600. The van der Waals surface area contributed by atoms with E-state index in [4.69, 9.17) is 15.7 Å². The van der Waals surface area contributed by atoms with Crippen molar-refractivity contribution in [3.63, 3.8) is 0 Å². The second-order valence-corrected chi connectivity index (χ2v) is 5.20. The van der Waals surface area contributed by atoms with Crippen LogP contribution in [0, 0.1) is 17.1 Å². The van der Waals surface area contributed by atoms with Crippen LogP contribution in [0.2, 0.25) is 0 Å². The molecule has 1 amide bonds. The van der Waals surface area contributed by atoms with E-state index in [0.29, 0.717) is 28.0 Å². The summed E-state index contributed by atoms with van der Waals surface area (Å²) in [6, 6.07) is 3.13. The molecule has 3 aromatic heterocycles. The molecule has 0 aromatic carbocycles. The van der Waals surface area contributed by atoms with Crippen LogP contribution < -0.4 is 10.5 Å². The Morgan fingerprint density at radius 1 is 1.42 bits per heavy atom. The number of rotatable bonds is 6. The van der Waals surface area contributed by atoms with Gasteiger partial charge in [-0.2, -0.15) is 5.26 Å². The molecule has 8 nitrogen and oxygen atoms in total. The van der Waals surface area contributed by atoms with Gasteiger partial charge in [-0.1, -0.05) is 0 Å². The normalized spacial score (nSPS) is 10.9. The molecule has 9 heteroatoms. The lowest BCUT2D eigenvalue weighted by Crippen LogP contribution is -2.05. The molecular formula is C17H13FN6O2. The number of fused-ring (bicyclic) bond motifs is 1. The molecule has 26 heavy (non-hydrogen) atoms. The number of primary amides is 1. The van der Waals surface area contributed by atoms with Crippen LogP contribution in [-0.4, -0.2) is 32.4 Å². The number of pyridine rings is 1. The Morgan fingerprint density at radius 3 is 3.00 bits per heavy atom. The number of aromatic nitrogens is 4. The van der Waals surface area contributed by atoms with E-state index in [0.717, 1.165) is 0 Å². The van der Waals surface area contributed by atoms with Crippen LogP contribution in [0.15, 0.2) is 30.7 Å². The highest BCUT2D eigenvalue weighted by molar-refractivity contribution is 5.93. The first kappa shape index (κ1) is 17.0. The van der Waals surface area contributed by atoms with E-state index in [1.807, 2.05) is 6.07 Å².